The molecule has 0 aliphatic rings. The monoisotopic (exact) mass is 208 g/mol. The van der Waals surface area contributed by atoms with E-state index in [-0.39, 0.29) is 0 Å². The van der Waals surface area contributed by atoms with Gasteiger partial charge in [-0.3, -0.25) is 0 Å². The predicted octanol–water partition coefficient (Wildman–Crippen LogP) is 2.42. The third kappa shape index (κ3) is 3.05. The summed E-state index contributed by atoms with van der Waals surface area (Å²) in [5.74, 6) is 0. The molecule has 0 spiro atoms. The van der Waals surface area contributed by atoms with Crippen molar-refractivity contribution in [3.05, 3.63) is 34.4 Å². The highest BCUT2D eigenvalue weighted by atomic mass is 16.3. The van der Waals surface area contributed by atoms with Crippen LogP contribution < -0.4 is 0 Å². The van der Waals surface area contributed by atoms with Gasteiger partial charge in [-0.1, -0.05) is 17.7 Å². The maximum atomic E-state index is 9.98. The minimum absolute atomic E-state index is 0.394. The highest BCUT2D eigenvalue weighted by Crippen LogP contribution is 2.26. The minimum atomic E-state index is -0.564. The van der Waals surface area contributed by atoms with Crippen molar-refractivity contribution in [2.24, 2.45) is 0 Å². The van der Waals surface area contributed by atoms with Gasteiger partial charge < -0.3 is 10.2 Å². The van der Waals surface area contributed by atoms with E-state index in [0.717, 1.165) is 16.7 Å². The number of hydrogen-bond donors (Lipinski definition) is 2. The largest absolute Gasteiger partial charge is 0.393 e. The molecule has 1 aromatic carbocycles. The molecule has 2 N–H and O–H groups in total. The molecule has 2 nitrogen and oxygen atoms in total. The molecule has 2 atom stereocenters. The van der Waals surface area contributed by atoms with Gasteiger partial charge in [0.05, 0.1) is 12.2 Å². The van der Waals surface area contributed by atoms with E-state index in [2.05, 4.69) is 12.1 Å². The van der Waals surface area contributed by atoms with E-state index in [1.54, 1.807) is 6.92 Å². The molecular formula is C13H20O2. The predicted molar refractivity (Wildman–Crippen MR) is 61.9 cm³/mol. The average Bonchev–Trinajstić information content (AvgIpc) is 1.99. The summed E-state index contributed by atoms with van der Waals surface area (Å²) >= 11 is 0. The van der Waals surface area contributed by atoms with Crippen molar-refractivity contribution < 1.29 is 10.2 Å². The molecule has 2 heteroatoms. The second kappa shape index (κ2) is 4.77. The Bertz CT molecular complexity index is 319. The van der Waals surface area contributed by atoms with Gasteiger partial charge >= 0.3 is 0 Å². The molecule has 0 saturated carbocycles. The zero-order valence-electron chi connectivity index (χ0n) is 9.91. The van der Waals surface area contributed by atoms with Gasteiger partial charge in [-0.05, 0) is 44.4 Å². The molecule has 1 aromatic rings. The van der Waals surface area contributed by atoms with Gasteiger partial charge in [0.25, 0.3) is 0 Å². The van der Waals surface area contributed by atoms with Crippen LogP contribution in [0.2, 0.25) is 0 Å². The molecule has 0 aromatic heterocycles. The lowest BCUT2D eigenvalue weighted by Gasteiger charge is -2.18. The highest BCUT2D eigenvalue weighted by molar-refractivity contribution is 5.38. The maximum absolute atomic E-state index is 9.98. The van der Waals surface area contributed by atoms with Crippen LogP contribution in [0.3, 0.4) is 0 Å². The summed E-state index contributed by atoms with van der Waals surface area (Å²) in [5.41, 5.74) is 4.36. The zero-order valence-corrected chi connectivity index (χ0v) is 9.91. The van der Waals surface area contributed by atoms with E-state index in [1.165, 1.54) is 5.56 Å². The number of rotatable bonds is 3. The van der Waals surface area contributed by atoms with Crippen LogP contribution in [-0.2, 0) is 0 Å². The van der Waals surface area contributed by atoms with Crippen LogP contribution in [0.1, 0.15) is 41.7 Å². The normalized spacial score (nSPS) is 15.1. The fourth-order valence-corrected chi connectivity index (χ4v) is 2.16. The van der Waals surface area contributed by atoms with Crippen LogP contribution in [0.15, 0.2) is 12.1 Å². The summed E-state index contributed by atoms with van der Waals surface area (Å²) in [5, 5.41) is 19.2. The standard InChI is InChI=1S/C13H20O2/c1-8-5-9(2)13(10(3)6-8)12(15)7-11(4)14/h5-6,11-12,14-15H,7H2,1-4H3. The first kappa shape index (κ1) is 12.2. The number of aryl methyl sites for hydroxylation is 3. The van der Waals surface area contributed by atoms with Gasteiger partial charge in [-0.15, -0.1) is 0 Å². The summed E-state index contributed by atoms with van der Waals surface area (Å²) in [7, 11) is 0. The zero-order chi connectivity index (χ0) is 11.6. The lowest BCUT2D eigenvalue weighted by molar-refractivity contribution is 0.0900. The van der Waals surface area contributed by atoms with E-state index in [4.69, 9.17) is 0 Å². The van der Waals surface area contributed by atoms with E-state index in [9.17, 15) is 10.2 Å². The van der Waals surface area contributed by atoms with Gasteiger partial charge in [-0.25, -0.2) is 0 Å². The van der Waals surface area contributed by atoms with Gasteiger partial charge in [-0.2, -0.15) is 0 Å². The lowest BCUT2D eigenvalue weighted by atomic mass is 9.93. The Kier molecular flexibility index (Phi) is 3.89. The van der Waals surface area contributed by atoms with Gasteiger partial charge in [0.1, 0.15) is 0 Å². The van der Waals surface area contributed by atoms with Crippen molar-refractivity contribution in [1.29, 1.82) is 0 Å². The molecule has 0 bridgehead atoms. The van der Waals surface area contributed by atoms with Crippen LogP contribution in [-0.4, -0.2) is 16.3 Å². The highest BCUT2D eigenvalue weighted by Gasteiger charge is 2.15. The second-order valence-corrected chi connectivity index (χ2v) is 4.41. The third-order valence-electron chi connectivity index (χ3n) is 2.64. The van der Waals surface area contributed by atoms with Gasteiger partial charge in [0.15, 0.2) is 0 Å². The fraction of sp³-hybridized carbons (Fsp3) is 0.538. The first-order valence-corrected chi connectivity index (χ1v) is 5.35. The van der Waals surface area contributed by atoms with Gasteiger partial charge in [0.2, 0.25) is 0 Å². The molecule has 0 aliphatic carbocycles. The first-order chi connectivity index (χ1) is 6.91. The molecule has 0 fully saturated rings. The SMILES string of the molecule is Cc1cc(C)c(C(O)CC(C)O)c(C)c1. The molecule has 0 radical (unpaired) electrons. The summed E-state index contributed by atoms with van der Waals surface area (Å²) in [6, 6.07) is 4.13. The molecule has 0 amide bonds. The van der Waals surface area contributed by atoms with E-state index < -0.39 is 12.2 Å². The molecule has 2 unspecified atom stereocenters. The summed E-state index contributed by atoms with van der Waals surface area (Å²) in [6.45, 7) is 7.74. The topological polar surface area (TPSA) is 40.5 Å². The van der Waals surface area contributed by atoms with E-state index >= 15 is 0 Å². The number of aliphatic hydroxyl groups is 2. The van der Waals surface area contributed by atoms with Crippen LogP contribution in [0, 0.1) is 20.8 Å². The van der Waals surface area contributed by atoms with E-state index in [0.29, 0.717) is 6.42 Å². The molecule has 0 saturated heterocycles. The first-order valence-electron chi connectivity index (χ1n) is 5.35. The van der Waals surface area contributed by atoms with Crippen LogP contribution in [0.5, 0.6) is 0 Å². The summed E-state index contributed by atoms with van der Waals surface area (Å²) < 4.78 is 0. The van der Waals surface area contributed by atoms with Crippen molar-refractivity contribution in [2.45, 2.75) is 46.3 Å². The molecule has 0 heterocycles. The van der Waals surface area contributed by atoms with E-state index in [1.807, 2.05) is 20.8 Å². The van der Waals surface area contributed by atoms with Crippen LogP contribution in [0.25, 0.3) is 0 Å². The summed E-state index contributed by atoms with van der Waals surface area (Å²) in [6.07, 6.45) is -0.643. The van der Waals surface area contributed by atoms with Crippen molar-refractivity contribution in [3.8, 4) is 0 Å². The average molecular weight is 208 g/mol. The molecule has 15 heavy (non-hydrogen) atoms. The molecule has 1 rings (SSSR count). The van der Waals surface area contributed by atoms with Crippen molar-refractivity contribution in [2.75, 3.05) is 0 Å². The Morgan fingerprint density at radius 1 is 1.07 bits per heavy atom. The second-order valence-electron chi connectivity index (χ2n) is 4.41. The maximum Gasteiger partial charge on any atom is 0.0819 e. The minimum Gasteiger partial charge on any atom is -0.393 e. The number of aliphatic hydroxyl groups excluding tert-OH is 2. The quantitative estimate of drug-likeness (QED) is 0.801. The Hall–Kier alpha value is -0.860. The van der Waals surface area contributed by atoms with Crippen LogP contribution in [0.4, 0.5) is 0 Å². The van der Waals surface area contributed by atoms with Gasteiger partial charge in [0, 0.05) is 6.42 Å². The van der Waals surface area contributed by atoms with Crippen LogP contribution >= 0.6 is 0 Å². The Morgan fingerprint density at radius 2 is 1.53 bits per heavy atom. The Balaban J connectivity index is 3.03. The smallest absolute Gasteiger partial charge is 0.0819 e. The Morgan fingerprint density at radius 3 is 1.93 bits per heavy atom. The lowest BCUT2D eigenvalue weighted by Crippen LogP contribution is -2.10. The number of benzene rings is 1. The molecule has 0 aliphatic heterocycles. The Labute approximate surface area is 91.6 Å². The molecule has 84 valence electrons. The fourth-order valence-electron chi connectivity index (χ4n) is 2.16. The van der Waals surface area contributed by atoms with Crippen molar-refractivity contribution >= 4 is 0 Å². The third-order valence-corrected chi connectivity index (χ3v) is 2.64. The number of hydrogen-bond acceptors (Lipinski definition) is 2. The summed E-state index contributed by atoms with van der Waals surface area (Å²) in [4.78, 5) is 0. The van der Waals surface area contributed by atoms with Crippen molar-refractivity contribution in [3.63, 3.8) is 0 Å². The van der Waals surface area contributed by atoms with Crippen molar-refractivity contribution in [1.82, 2.24) is 0 Å². The molecular weight excluding hydrogens is 188 g/mol.